The maximum Gasteiger partial charge on any atom is 0.0991 e. The summed E-state index contributed by atoms with van der Waals surface area (Å²) in [5.74, 6) is 0.168. The summed E-state index contributed by atoms with van der Waals surface area (Å²) < 4.78 is 0. The largest absolute Gasteiger partial charge is 0.377 e. The van der Waals surface area contributed by atoms with Gasteiger partial charge in [0.25, 0.3) is 0 Å². The Morgan fingerprint density at radius 1 is 0.815 bits per heavy atom. The van der Waals surface area contributed by atoms with Crippen molar-refractivity contribution in [1.82, 2.24) is 4.98 Å². The van der Waals surface area contributed by atoms with Crippen LogP contribution in [0.3, 0.4) is 0 Å². The number of anilines is 1. The molecule has 0 unspecified atom stereocenters. The Morgan fingerprint density at radius 2 is 1.59 bits per heavy atom. The molecule has 3 aromatic carbocycles. The average molecular weight is 347 g/mol. The van der Waals surface area contributed by atoms with Gasteiger partial charge in [-0.25, -0.2) is 0 Å². The molecule has 5 rings (SSSR count). The smallest absolute Gasteiger partial charge is 0.0991 e. The van der Waals surface area contributed by atoms with E-state index >= 15 is 0 Å². The van der Waals surface area contributed by atoms with Crippen molar-refractivity contribution in [2.24, 2.45) is 0 Å². The lowest BCUT2D eigenvalue weighted by molar-refractivity contribution is 0.715. The zero-order valence-electron chi connectivity index (χ0n) is 14.6. The van der Waals surface area contributed by atoms with E-state index in [9.17, 15) is 0 Å². The summed E-state index contributed by atoms with van der Waals surface area (Å²) in [6.07, 6.45) is 3.68. The minimum Gasteiger partial charge on any atom is -0.377 e. The Kier molecular flexibility index (Phi) is 3.62. The van der Waals surface area contributed by atoms with Crippen molar-refractivity contribution in [3.05, 3.63) is 107 Å². The zero-order chi connectivity index (χ0) is 18.2. The molecule has 0 aliphatic carbocycles. The van der Waals surface area contributed by atoms with Crippen LogP contribution < -0.4 is 5.32 Å². The van der Waals surface area contributed by atoms with Crippen LogP contribution >= 0.6 is 0 Å². The molecule has 128 valence electrons. The fourth-order valence-electron chi connectivity index (χ4n) is 4.14. The molecule has 0 spiro atoms. The van der Waals surface area contributed by atoms with E-state index in [2.05, 4.69) is 77.0 Å². The summed E-state index contributed by atoms with van der Waals surface area (Å²) in [6, 6.07) is 27.3. The van der Waals surface area contributed by atoms with Crippen molar-refractivity contribution in [3.63, 3.8) is 0 Å². The Morgan fingerprint density at radius 3 is 2.37 bits per heavy atom. The van der Waals surface area contributed by atoms with E-state index in [-0.39, 0.29) is 12.0 Å². The van der Waals surface area contributed by atoms with Gasteiger partial charge in [0.2, 0.25) is 0 Å². The minimum absolute atomic E-state index is 0.127. The van der Waals surface area contributed by atoms with Crippen molar-refractivity contribution < 1.29 is 0 Å². The lowest BCUT2D eigenvalue weighted by Gasteiger charge is -2.22. The third kappa shape index (κ3) is 2.54. The van der Waals surface area contributed by atoms with Gasteiger partial charge in [-0.3, -0.25) is 4.98 Å². The molecule has 0 saturated heterocycles. The third-order valence-electron chi connectivity index (χ3n) is 5.39. The first kappa shape index (κ1) is 15.6. The van der Waals surface area contributed by atoms with E-state index in [1.807, 2.05) is 24.5 Å². The summed E-state index contributed by atoms with van der Waals surface area (Å²) in [6.45, 7) is 0. The molecule has 4 aromatic rings. The molecule has 3 nitrogen and oxygen atoms in total. The fraction of sp³-hybridized carbons (Fsp3) is 0.0833. The zero-order valence-corrected chi connectivity index (χ0v) is 14.6. The van der Waals surface area contributed by atoms with Gasteiger partial charge in [-0.15, -0.1) is 0 Å². The van der Waals surface area contributed by atoms with Gasteiger partial charge in [0.1, 0.15) is 0 Å². The third-order valence-corrected chi connectivity index (χ3v) is 5.39. The molecule has 1 aromatic heterocycles. The van der Waals surface area contributed by atoms with Crippen molar-refractivity contribution >= 4 is 16.5 Å². The molecule has 0 amide bonds. The number of nitrogens with zero attached hydrogens (tertiary/aromatic N) is 2. The first-order chi connectivity index (χ1) is 13.3. The lowest BCUT2D eigenvalue weighted by atomic mass is 9.82. The highest BCUT2D eigenvalue weighted by Gasteiger charge is 2.35. The average Bonchev–Trinajstić information content (AvgIpc) is 3.14. The van der Waals surface area contributed by atoms with Crippen molar-refractivity contribution in [2.45, 2.75) is 12.0 Å². The van der Waals surface area contributed by atoms with E-state index in [4.69, 9.17) is 5.26 Å². The number of hydrogen-bond donors (Lipinski definition) is 1. The molecule has 27 heavy (non-hydrogen) atoms. The van der Waals surface area contributed by atoms with Gasteiger partial charge >= 0.3 is 0 Å². The monoisotopic (exact) mass is 347 g/mol. The van der Waals surface area contributed by atoms with Gasteiger partial charge in [-0.1, -0.05) is 42.5 Å². The highest BCUT2D eigenvalue weighted by atomic mass is 15.0. The molecule has 0 bridgehead atoms. The number of aromatic nitrogens is 1. The van der Waals surface area contributed by atoms with E-state index < -0.39 is 0 Å². The summed E-state index contributed by atoms with van der Waals surface area (Å²) in [4.78, 5) is 4.17. The van der Waals surface area contributed by atoms with E-state index in [1.165, 1.54) is 33.2 Å². The van der Waals surface area contributed by atoms with Gasteiger partial charge in [-0.05, 0) is 57.8 Å². The Balaban J connectivity index is 1.74. The molecule has 2 atom stereocenters. The second-order valence-electron chi connectivity index (χ2n) is 6.86. The maximum absolute atomic E-state index is 9.15. The summed E-state index contributed by atoms with van der Waals surface area (Å²) in [5.41, 5.74) is 5.59. The lowest BCUT2D eigenvalue weighted by Crippen LogP contribution is -2.13. The SMILES string of the molecule is N#Cc1ccc([C@@H]2c3c(ccc4ccccc34)N[C@H]2c2ccncc2)cc1. The predicted molar refractivity (Wildman–Crippen MR) is 108 cm³/mol. The van der Waals surface area contributed by atoms with Crippen LogP contribution in [0.1, 0.15) is 34.2 Å². The molecule has 3 heteroatoms. The van der Waals surface area contributed by atoms with E-state index in [1.54, 1.807) is 0 Å². The Bertz CT molecular complexity index is 1160. The van der Waals surface area contributed by atoms with Gasteiger partial charge in [0.05, 0.1) is 17.7 Å². The van der Waals surface area contributed by atoms with Crippen LogP contribution in [-0.2, 0) is 0 Å². The highest BCUT2D eigenvalue weighted by molar-refractivity contribution is 5.93. The molecule has 1 aliphatic rings. The van der Waals surface area contributed by atoms with Crippen LogP contribution in [0.4, 0.5) is 5.69 Å². The quantitative estimate of drug-likeness (QED) is 0.528. The number of rotatable bonds is 2. The van der Waals surface area contributed by atoms with E-state index in [0.717, 1.165) is 0 Å². The van der Waals surface area contributed by atoms with Crippen LogP contribution in [0.15, 0.2) is 85.2 Å². The van der Waals surface area contributed by atoms with Gasteiger partial charge in [0.15, 0.2) is 0 Å². The number of fused-ring (bicyclic) bond motifs is 3. The van der Waals surface area contributed by atoms with Crippen LogP contribution in [0, 0.1) is 11.3 Å². The maximum atomic E-state index is 9.15. The summed E-state index contributed by atoms with van der Waals surface area (Å²) in [7, 11) is 0. The van der Waals surface area contributed by atoms with Crippen molar-refractivity contribution in [3.8, 4) is 6.07 Å². The minimum atomic E-state index is 0.127. The first-order valence-electron chi connectivity index (χ1n) is 9.03. The van der Waals surface area contributed by atoms with Crippen LogP contribution in [0.5, 0.6) is 0 Å². The molecule has 2 heterocycles. The molecule has 0 fully saturated rings. The Hall–Kier alpha value is -3.64. The van der Waals surface area contributed by atoms with Crippen LogP contribution in [0.2, 0.25) is 0 Å². The number of hydrogen-bond acceptors (Lipinski definition) is 3. The second kappa shape index (κ2) is 6.26. The number of nitriles is 1. The second-order valence-corrected chi connectivity index (χ2v) is 6.86. The molecule has 1 aliphatic heterocycles. The standard InChI is InChI=1S/C24H17N3/c25-15-16-5-7-18(8-6-16)22-23-20-4-2-1-3-17(20)9-10-21(23)27-24(22)19-11-13-26-14-12-19/h1-14,22,24,27H/t22-,24+/m1/s1. The predicted octanol–water partition coefficient (Wildman–Crippen LogP) is 5.41. The summed E-state index contributed by atoms with van der Waals surface area (Å²) in [5, 5.41) is 15.4. The number of nitrogens with one attached hydrogen (secondary N) is 1. The number of benzene rings is 3. The van der Waals surface area contributed by atoms with Gasteiger partial charge in [-0.2, -0.15) is 5.26 Å². The van der Waals surface area contributed by atoms with Crippen molar-refractivity contribution in [2.75, 3.05) is 5.32 Å². The van der Waals surface area contributed by atoms with Gasteiger partial charge in [0, 0.05) is 24.0 Å². The summed E-state index contributed by atoms with van der Waals surface area (Å²) >= 11 is 0. The highest BCUT2D eigenvalue weighted by Crippen LogP contribution is 2.50. The molecular weight excluding hydrogens is 330 g/mol. The Labute approximate surface area is 157 Å². The molecule has 1 N–H and O–H groups in total. The van der Waals surface area contributed by atoms with Crippen LogP contribution in [-0.4, -0.2) is 4.98 Å². The normalized spacial score (nSPS) is 17.9. The van der Waals surface area contributed by atoms with Gasteiger partial charge < -0.3 is 5.32 Å². The molecular formula is C24H17N3. The number of pyridine rings is 1. The van der Waals surface area contributed by atoms with E-state index in [0.29, 0.717) is 5.56 Å². The first-order valence-corrected chi connectivity index (χ1v) is 9.03. The molecule has 0 saturated carbocycles. The molecule has 0 radical (unpaired) electrons. The van der Waals surface area contributed by atoms with Crippen molar-refractivity contribution in [1.29, 1.82) is 5.26 Å². The topological polar surface area (TPSA) is 48.7 Å². The van der Waals surface area contributed by atoms with Crippen LogP contribution in [0.25, 0.3) is 10.8 Å². The fourth-order valence-corrected chi connectivity index (χ4v) is 4.14.